The summed E-state index contributed by atoms with van der Waals surface area (Å²) < 4.78 is 0. The maximum Gasteiger partial charge on any atom is 0.223 e. The lowest BCUT2D eigenvalue weighted by molar-refractivity contribution is -0.122. The largest absolute Gasteiger partial charge is 0.357 e. The van der Waals surface area contributed by atoms with Crippen LogP contribution in [0, 0.1) is 12.8 Å². The van der Waals surface area contributed by atoms with E-state index in [0.717, 1.165) is 40.0 Å². The van der Waals surface area contributed by atoms with Crippen LogP contribution in [0.5, 0.6) is 0 Å². The molecule has 1 aliphatic carbocycles. The van der Waals surface area contributed by atoms with Gasteiger partial charge in [-0.15, -0.1) is 0 Å². The molecule has 2 aromatic rings. The van der Waals surface area contributed by atoms with Crippen molar-refractivity contribution in [2.24, 2.45) is 5.92 Å². The van der Waals surface area contributed by atoms with Gasteiger partial charge in [0.1, 0.15) is 0 Å². The lowest BCUT2D eigenvalue weighted by atomic mass is 10.2. The molecule has 3 nitrogen and oxygen atoms in total. The standard InChI is InChI=1S/C14H15ClN2O.C2H6/c1-8-4-13-10(6-12(8)15)5-11(17-13)7-16-14(18)9-2-3-9;1-2/h4-6,9,17H,2-3,7H2,1H3,(H,16,18);1-2H3. The van der Waals surface area contributed by atoms with Crippen LogP contribution in [0.4, 0.5) is 0 Å². The van der Waals surface area contributed by atoms with Crippen molar-refractivity contribution in [2.75, 3.05) is 0 Å². The highest BCUT2D eigenvalue weighted by molar-refractivity contribution is 6.32. The van der Waals surface area contributed by atoms with Gasteiger partial charge in [-0.3, -0.25) is 4.79 Å². The Hall–Kier alpha value is -1.48. The van der Waals surface area contributed by atoms with E-state index in [-0.39, 0.29) is 11.8 Å². The van der Waals surface area contributed by atoms with Crippen molar-refractivity contribution in [3.05, 3.63) is 34.5 Å². The number of amides is 1. The Kier molecular flexibility index (Phi) is 4.71. The fourth-order valence-corrected chi connectivity index (χ4v) is 2.26. The van der Waals surface area contributed by atoms with E-state index in [4.69, 9.17) is 11.6 Å². The second-order valence-corrected chi connectivity index (χ2v) is 5.38. The molecule has 20 heavy (non-hydrogen) atoms. The third-order valence-corrected chi connectivity index (χ3v) is 3.76. The minimum atomic E-state index is 0.169. The molecule has 1 saturated carbocycles. The quantitative estimate of drug-likeness (QED) is 0.875. The summed E-state index contributed by atoms with van der Waals surface area (Å²) in [6.45, 7) is 6.54. The number of aromatic nitrogens is 1. The molecular weight excluding hydrogens is 272 g/mol. The Morgan fingerprint density at radius 1 is 1.35 bits per heavy atom. The van der Waals surface area contributed by atoms with Gasteiger partial charge in [0.05, 0.1) is 6.54 Å². The molecule has 1 heterocycles. The van der Waals surface area contributed by atoms with Crippen LogP contribution in [0.25, 0.3) is 10.9 Å². The van der Waals surface area contributed by atoms with Crippen molar-refractivity contribution >= 4 is 28.4 Å². The molecule has 0 saturated heterocycles. The third kappa shape index (κ3) is 3.34. The van der Waals surface area contributed by atoms with Crippen LogP contribution in [0.1, 0.15) is 37.9 Å². The lowest BCUT2D eigenvalue weighted by Gasteiger charge is -2.01. The molecule has 1 aromatic heterocycles. The van der Waals surface area contributed by atoms with Crippen molar-refractivity contribution in [1.29, 1.82) is 0 Å². The average molecular weight is 293 g/mol. The molecule has 108 valence electrons. The molecule has 0 spiro atoms. The van der Waals surface area contributed by atoms with Crippen LogP contribution in [-0.2, 0) is 11.3 Å². The Morgan fingerprint density at radius 2 is 2.05 bits per heavy atom. The predicted octanol–water partition coefficient (Wildman–Crippen LogP) is 4.18. The molecule has 1 fully saturated rings. The minimum absolute atomic E-state index is 0.169. The lowest BCUT2D eigenvalue weighted by Crippen LogP contribution is -2.24. The zero-order valence-electron chi connectivity index (χ0n) is 12.2. The van der Waals surface area contributed by atoms with Crippen molar-refractivity contribution in [1.82, 2.24) is 10.3 Å². The number of hydrogen-bond donors (Lipinski definition) is 2. The molecule has 0 atom stereocenters. The van der Waals surface area contributed by atoms with Gasteiger partial charge in [-0.25, -0.2) is 0 Å². The summed E-state index contributed by atoms with van der Waals surface area (Å²) in [5.74, 6) is 0.425. The zero-order chi connectivity index (χ0) is 14.7. The fraction of sp³-hybridized carbons (Fsp3) is 0.438. The minimum Gasteiger partial charge on any atom is -0.357 e. The first-order valence-electron chi connectivity index (χ1n) is 7.19. The zero-order valence-corrected chi connectivity index (χ0v) is 13.0. The van der Waals surface area contributed by atoms with Gasteiger partial charge in [0.15, 0.2) is 0 Å². The van der Waals surface area contributed by atoms with Gasteiger partial charge in [-0.1, -0.05) is 25.4 Å². The van der Waals surface area contributed by atoms with Gasteiger partial charge in [0.2, 0.25) is 5.91 Å². The molecule has 0 aliphatic heterocycles. The topological polar surface area (TPSA) is 44.9 Å². The van der Waals surface area contributed by atoms with Crippen molar-refractivity contribution in [2.45, 2.75) is 40.2 Å². The molecule has 0 unspecified atom stereocenters. The fourth-order valence-electron chi connectivity index (χ4n) is 2.09. The molecule has 1 amide bonds. The summed E-state index contributed by atoms with van der Waals surface area (Å²) in [6, 6.07) is 6.02. The first kappa shape index (κ1) is 14.9. The van der Waals surface area contributed by atoms with E-state index in [1.165, 1.54) is 0 Å². The highest BCUT2D eigenvalue weighted by Crippen LogP contribution is 2.29. The van der Waals surface area contributed by atoms with Crippen molar-refractivity contribution in [3.63, 3.8) is 0 Å². The van der Waals surface area contributed by atoms with E-state index in [0.29, 0.717) is 6.54 Å². The third-order valence-electron chi connectivity index (χ3n) is 3.36. The number of carbonyl (C=O) groups excluding carboxylic acids is 1. The maximum absolute atomic E-state index is 11.6. The van der Waals surface area contributed by atoms with Gasteiger partial charge >= 0.3 is 0 Å². The number of aryl methyl sites for hydroxylation is 1. The van der Waals surface area contributed by atoms with Crippen LogP contribution in [0.15, 0.2) is 18.2 Å². The normalized spacial score (nSPS) is 13.8. The molecular formula is C16H21ClN2O. The number of benzene rings is 1. The first-order valence-corrected chi connectivity index (χ1v) is 7.57. The molecule has 2 N–H and O–H groups in total. The number of H-pyrrole nitrogens is 1. The van der Waals surface area contributed by atoms with E-state index < -0.39 is 0 Å². The van der Waals surface area contributed by atoms with E-state index in [1.807, 2.05) is 39.0 Å². The molecule has 1 aliphatic rings. The highest BCUT2D eigenvalue weighted by Gasteiger charge is 2.29. The number of aromatic amines is 1. The van der Waals surface area contributed by atoms with Crippen LogP contribution < -0.4 is 5.32 Å². The molecule has 0 radical (unpaired) electrons. The van der Waals surface area contributed by atoms with Gasteiger partial charge in [-0.05, 0) is 43.5 Å². The maximum atomic E-state index is 11.6. The first-order chi connectivity index (χ1) is 9.63. The van der Waals surface area contributed by atoms with Gasteiger partial charge in [0.25, 0.3) is 0 Å². The van der Waals surface area contributed by atoms with Crippen molar-refractivity contribution in [3.8, 4) is 0 Å². The number of hydrogen-bond acceptors (Lipinski definition) is 1. The Balaban J connectivity index is 0.000000704. The van der Waals surface area contributed by atoms with Crippen LogP contribution >= 0.6 is 11.6 Å². The molecule has 0 bridgehead atoms. The summed E-state index contributed by atoms with van der Waals surface area (Å²) in [5, 5.41) is 4.81. The Morgan fingerprint density at radius 3 is 2.70 bits per heavy atom. The second-order valence-electron chi connectivity index (χ2n) is 4.98. The van der Waals surface area contributed by atoms with E-state index in [1.54, 1.807) is 0 Å². The highest BCUT2D eigenvalue weighted by atomic mass is 35.5. The predicted molar refractivity (Wildman–Crippen MR) is 84.0 cm³/mol. The average Bonchev–Trinajstić information content (AvgIpc) is 3.22. The van der Waals surface area contributed by atoms with Gasteiger partial charge in [0, 0.05) is 27.5 Å². The molecule has 3 rings (SSSR count). The number of fused-ring (bicyclic) bond motifs is 1. The Labute approximate surface area is 124 Å². The van der Waals surface area contributed by atoms with Crippen molar-refractivity contribution < 1.29 is 4.79 Å². The van der Waals surface area contributed by atoms with Gasteiger partial charge < -0.3 is 10.3 Å². The van der Waals surface area contributed by atoms with E-state index >= 15 is 0 Å². The molecule has 1 aromatic carbocycles. The number of nitrogens with one attached hydrogen (secondary N) is 2. The summed E-state index contributed by atoms with van der Waals surface area (Å²) >= 11 is 6.09. The molecule has 4 heteroatoms. The van der Waals surface area contributed by atoms with Crippen LogP contribution in [0.3, 0.4) is 0 Å². The summed E-state index contributed by atoms with van der Waals surface area (Å²) in [5.41, 5.74) is 3.13. The summed E-state index contributed by atoms with van der Waals surface area (Å²) in [4.78, 5) is 14.9. The van der Waals surface area contributed by atoms with Gasteiger partial charge in [-0.2, -0.15) is 0 Å². The summed E-state index contributed by atoms with van der Waals surface area (Å²) in [7, 11) is 0. The number of carbonyl (C=O) groups is 1. The second kappa shape index (κ2) is 6.31. The monoisotopic (exact) mass is 292 g/mol. The van der Waals surface area contributed by atoms with Crippen LogP contribution in [0.2, 0.25) is 5.02 Å². The van der Waals surface area contributed by atoms with Crippen LogP contribution in [-0.4, -0.2) is 10.9 Å². The van der Waals surface area contributed by atoms with E-state index in [2.05, 4.69) is 10.3 Å². The number of rotatable bonds is 3. The van der Waals surface area contributed by atoms with E-state index in [9.17, 15) is 4.79 Å². The summed E-state index contributed by atoms with van der Waals surface area (Å²) in [6.07, 6.45) is 2.07. The Bertz CT molecular complexity index is 575. The smallest absolute Gasteiger partial charge is 0.223 e. The number of halogens is 1. The SMILES string of the molecule is CC.Cc1cc2[nH]c(CNC(=O)C3CC3)cc2cc1Cl.